The first-order chi connectivity index (χ1) is 15.2. The SMILES string of the molecule is O=C(Nc1ccc(C(F)(F)F)cn1)C1CC12CCC(c1ccnc3ccc(F)cc13)CC2. The predicted molar refractivity (Wildman–Crippen MR) is 111 cm³/mol. The predicted octanol–water partition coefficient (Wildman–Crippen LogP) is 6.09. The van der Waals surface area contributed by atoms with Crippen molar-refractivity contribution in [3.63, 3.8) is 0 Å². The molecule has 8 heteroatoms. The zero-order valence-corrected chi connectivity index (χ0v) is 17.1. The van der Waals surface area contributed by atoms with Crippen LogP contribution in [0.5, 0.6) is 0 Å². The number of alkyl halides is 3. The van der Waals surface area contributed by atoms with Gasteiger partial charge >= 0.3 is 6.18 Å². The molecule has 2 saturated carbocycles. The molecule has 5 rings (SSSR count). The van der Waals surface area contributed by atoms with Gasteiger partial charge < -0.3 is 5.32 Å². The van der Waals surface area contributed by atoms with Crippen LogP contribution in [0.15, 0.2) is 48.8 Å². The Kier molecular flexibility index (Phi) is 4.91. The summed E-state index contributed by atoms with van der Waals surface area (Å²) in [7, 11) is 0. The third kappa shape index (κ3) is 3.82. The molecule has 0 radical (unpaired) electrons. The fourth-order valence-electron chi connectivity index (χ4n) is 5.12. The molecule has 1 unspecified atom stereocenters. The zero-order chi connectivity index (χ0) is 22.5. The average molecular weight is 443 g/mol. The van der Waals surface area contributed by atoms with Crippen LogP contribution < -0.4 is 5.32 Å². The molecule has 32 heavy (non-hydrogen) atoms. The molecule has 166 valence electrons. The number of pyridine rings is 2. The topological polar surface area (TPSA) is 54.9 Å². The van der Waals surface area contributed by atoms with Crippen molar-refractivity contribution in [2.24, 2.45) is 11.3 Å². The first-order valence-corrected chi connectivity index (χ1v) is 10.6. The van der Waals surface area contributed by atoms with E-state index in [0.29, 0.717) is 0 Å². The van der Waals surface area contributed by atoms with E-state index in [9.17, 15) is 22.4 Å². The Hall–Kier alpha value is -3.03. The Labute approximate surface area is 182 Å². The van der Waals surface area contributed by atoms with E-state index in [1.807, 2.05) is 6.07 Å². The summed E-state index contributed by atoms with van der Waals surface area (Å²) in [5, 5.41) is 3.50. The molecule has 2 aromatic heterocycles. The maximum absolute atomic E-state index is 13.8. The summed E-state index contributed by atoms with van der Waals surface area (Å²) >= 11 is 0. The van der Waals surface area contributed by atoms with E-state index < -0.39 is 11.7 Å². The van der Waals surface area contributed by atoms with E-state index in [1.165, 1.54) is 18.2 Å². The Morgan fingerprint density at radius 2 is 1.84 bits per heavy atom. The highest BCUT2D eigenvalue weighted by Crippen LogP contribution is 2.63. The number of amides is 1. The van der Waals surface area contributed by atoms with Crippen LogP contribution in [0.2, 0.25) is 0 Å². The van der Waals surface area contributed by atoms with Gasteiger partial charge in [0.2, 0.25) is 5.91 Å². The summed E-state index contributed by atoms with van der Waals surface area (Å²) in [6.45, 7) is 0. The largest absolute Gasteiger partial charge is 0.417 e. The number of benzene rings is 1. The maximum atomic E-state index is 13.8. The molecule has 1 aromatic carbocycles. The van der Waals surface area contributed by atoms with Crippen molar-refractivity contribution in [3.05, 3.63) is 65.7 Å². The monoisotopic (exact) mass is 443 g/mol. The Bertz CT molecular complexity index is 1170. The minimum absolute atomic E-state index is 0.0550. The van der Waals surface area contributed by atoms with Gasteiger partial charge in [-0.3, -0.25) is 9.78 Å². The van der Waals surface area contributed by atoms with Crippen LogP contribution in [-0.2, 0) is 11.0 Å². The van der Waals surface area contributed by atoms with Crippen LogP contribution >= 0.6 is 0 Å². The third-order valence-corrected chi connectivity index (χ3v) is 7.01. The van der Waals surface area contributed by atoms with Crippen molar-refractivity contribution < 1.29 is 22.4 Å². The zero-order valence-electron chi connectivity index (χ0n) is 17.1. The van der Waals surface area contributed by atoms with E-state index in [-0.39, 0.29) is 34.8 Å². The van der Waals surface area contributed by atoms with Crippen molar-refractivity contribution in [3.8, 4) is 0 Å². The lowest BCUT2D eigenvalue weighted by atomic mass is 9.75. The highest BCUT2D eigenvalue weighted by Gasteiger charge is 2.58. The average Bonchev–Trinajstić information content (AvgIpc) is 3.47. The summed E-state index contributed by atoms with van der Waals surface area (Å²) in [6.07, 6.45) is 2.37. The summed E-state index contributed by atoms with van der Waals surface area (Å²) < 4.78 is 51.8. The molecule has 1 N–H and O–H groups in total. The Balaban J connectivity index is 1.23. The van der Waals surface area contributed by atoms with Crippen molar-refractivity contribution in [1.29, 1.82) is 0 Å². The number of halogens is 4. The van der Waals surface area contributed by atoms with E-state index >= 15 is 0 Å². The van der Waals surface area contributed by atoms with Gasteiger partial charge in [-0.25, -0.2) is 9.37 Å². The van der Waals surface area contributed by atoms with Crippen LogP contribution in [0.25, 0.3) is 10.9 Å². The van der Waals surface area contributed by atoms with Gasteiger partial charge in [0.15, 0.2) is 0 Å². The lowest BCUT2D eigenvalue weighted by Crippen LogP contribution is -2.23. The number of carbonyl (C=O) groups excluding carboxylic acids is 1. The first-order valence-electron chi connectivity index (χ1n) is 10.6. The highest BCUT2D eigenvalue weighted by atomic mass is 19.4. The van der Waals surface area contributed by atoms with E-state index in [2.05, 4.69) is 15.3 Å². The van der Waals surface area contributed by atoms with E-state index in [4.69, 9.17) is 0 Å². The fraction of sp³-hybridized carbons (Fsp3) is 0.375. The van der Waals surface area contributed by atoms with Gasteiger partial charge in [0.25, 0.3) is 0 Å². The lowest BCUT2D eigenvalue weighted by Gasteiger charge is -2.30. The molecule has 0 saturated heterocycles. The van der Waals surface area contributed by atoms with Crippen molar-refractivity contribution in [1.82, 2.24) is 9.97 Å². The third-order valence-electron chi connectivity index (χ3n) is 7.01. The molecular weight excluding hydrogens is 422 g/mol. The molecule has 0 aliphatic heterocycles. The number of hydrogen-bond donors (Lipinski definition) is 1. The van der Waals surface area contributed by atoms with Crippen molar-refractivity contribution >= 4 is 22.6 Å². The molecule has 1 amide bonds. The van der Waals surface area contributed by atoms with E-state index in [1.54, 1.807) is 12.3 Å². The smallest absolute Gasteiger partial charge is 0.310 e. The highest BCUT2D eigenvalue weighted by molar-refractivity contribution is 5.94. The molecule has 2 fully saturated rings. The second-order valence-electron chi connectivity index (χ2n) is 8.87. The van der Waals surface area contributed by atoms with Gasteiger partial charge in [-0.1, -0.05) is 0 Å². The molecule has 1 atom stereocenters. The van der Waals surface area contributed by atoms with Gasteiger partial charge in [0, 0.05) is 23.7 Å². The number of fused-ring (bicyclic) bond motifs is 1. The van der Waals surface area contributed by atoms with Gasteiger partial charge in [-0.15, -0.1) is 0 Å². The molecule has 2 aliphatic carbocycles. The standard InChI is InChI=1S/C24H21F4N3O/c25-16-2-3-20-18(11-16)17(7-10-29-20)14-5-8-23(9-6-14)12-19(23)22(32)31-21-4-1-15(13-30-21)24(26,27)28/h1-4,7,10-11,13-14,19H,5-6,8-9,12H2,(H,30,31,32). The lowest BCUT2D eigenvalue weighted by molar-refractivity contribution is -0.137. The number of hydrogen-bond acceptors (Lipinski definition) is 3. The number of aromatic nitrogens is 2. The molecule has 4 nitrogen and oxygen atoms in total. The normalized spacial score (nSPS) is 25.1. The number of anilines is 1. The quantitative estimate of drug-likeness (QED) is 0.499. The second-order valence-corrected chi connectivity index (χ2v) is 8.87. The van der Waals surface area contributed by atoms with E-state index in [0.717, 1.165) is 60.8 Å². The summed E-state index contributed by atoms with van der Waals surface area (Å²) in [6, 6.07) is 8.69. The van der Waals surface area contributed by atoms with Crippen molar-refractivity contribution in [2.45, 2.75) is 44.2 Å². The van der Waals surface area contributed by atoms with Crippen LogP contribution in [0, 0.1) is 17.2 Å². The summed E-state index contributed by atoms with van der Waals surface area (Å²) in [4.78, 5) is 20.7. The molecule has 2 heterocycles. The van der Waals surface area contributed by atoms with Gasteiger partial charge in [-0.05, 0) is 85.4 Å². The number of nitrogens with zero attached hydrogens (tertiary/aromatic N) is 2. The molecule has 1 spiro atoms. The minimum atomic E-state index is -4.46. The first kappa shape index (κ1) is 20.8. The van der Waals surface area contributed by atoms with Crippen LogP contribution in [0.1, 0.15) is 49.1 Å². The van der Waals surface area contributed by atoms with Crippen LogP contribution in [-0.4, -0.2) is 15.9 Å². The van der Waals surface area contributed by atoms with Gasteiger partial charge in [0.1, 0.15) is 11.6 Å². The fourth-order valence-corrected chi connectivity index (χ4v) is 5.12. The number of nitrogens with one attached hydrogen (secondary N) is 1. The van der Waals surface area contributed by atoms with Crippen molar-refractivity contribution in [2.75, 3.05) is 5.32 Å². The van der Waals surface area contributed by atoms with Gasteiger partial charge in [0.05, 0.1) is 11.1 Å². The summed E-state index contributed by atoms with van der Waals surface area (Å²) in [5.74, 6) is -0.209. The van der Waals surface area contributed by atoms with Crippen LogP contribution in [0.3, 0.4) is 0 Å². The molecule has 3 aromatic rings. The minimum Gasteiger partial charge on any atom is -0.310 e. The summed E-state index contributed by atoms with van der Waals surface area (Å²) in [5.41, 5.74) is 0.970. The molecule has 2 aliphatic rings. The molecule has 0 bridgehead atoms. The Morgan fingerprint density at radius 3 is 2.53 bits per heavy atom. The second kappa shape index (κ2) is 7.53. The number of rotatable bonds is 3. The van der Waals surface area contributed by atoms with Gasteiger partial charge in [-0.2, -0.15) is 13.2 Å². The maximum Gasteiger partial charge on any atom is 0.417 e. The number of carbonyl (C=O) groups is 1. The van der Waals surface area contributed by atoms with Crippen LogP contribution in [0.4, 0.5) is 23.4 Å². The molecular formula is C24H21F4N3O. The Morgan fingerprint density at radius 1 is 1.06 bits per heavy atom.